The SMILES string of the molecule is O[C@@H]1C[C@H]2CN(Cc3cc(F)ccc3Cl)C[C@H]2C[C@H]1n1cccn1. The van der Waals surface area contributed by atoms with Crippen molar-refractivity contribution in [3.8, 4) is 0 Å². The normalized spacial score (nSPS) is 30.5. The average Bonchev–Trinajstić information content (AvgIpc) is 3.19. The van der Waals surface area contributed by atoms with Gasteiger partial charge in [0.2, 0.25) is 0 Å². The smallest absolute Gasteiger partial charge is 0.123 e. The molecule has 1 aromatic carbocycles. The molecule has 0 bridgehead atoms. The fourth-order valence-corrected chi connectivity index (χ4v) is 4.48. The molecule has 2 fully saturated rings. The van der Waals surface area contributed by atoms with E-state index in [-0.39, 0.29) is 18.0 Å². The van der Waals surface area contributed by atoms with Crippen LogP contribution in [0.4, 0.5) is 4.39 Å². The number of likely N-dealkylation sites (tertiary alicyclic amines) is 1. The number of fused-ring (bicyclic) bond motifs is 1. The lowest BCUT2D eigenvalue weighted by Gasteiger charge is -2.35. The van der Waals surface area contributed by atoms with Crippen molar-refractivity contribution < 1.29 is 9.50 Å². The zero-order chi connectivity index (χ0) is 16.7. The molecule has 1 aliphatic heterocycles. The standard InChI is InChI=1S/C18H21ClFN3O/c19-16-3-2-15(20)6-14(16)11-22-9-12-7-17(23-5-1-4-21-23)18(24)8-13(12)10-22/h1-6,12-13,17-18,24H,7-11H2/t12-,13+,17-,18-/m1/s1. The molecule has 2 aromatic rings. The predicted molar refractivity (Wildman–Crippen MR) is 90.2 cm³/mol. The minimum atomic E-state index is -0.358. The molecular weight excluding hydrogens is 329 g/mol. The molecule has 1 aliphatic carbocycles. The van der Waals surface area contributed by atoms with Gasteiger partial charge in [-0.2, -0.15) is 5.10 Å². The molecule has 4 atom stereocenters. The first-order chi connectivity index (χ1) is 11.6. The number of hydrogen-bond donors (Lipinski definition) is 1. The minimum Gasteiger partial charge on any atom is -0.391 e. The summed E-state index contributed by atoms with van der Waals surface area (Å²) < 4.78 is 15.3. The van der Waals surface area contributed by atoms with Crippen molar-refractivity contribution in [1.82, 2.24) is 14.7 Å². The Morgan fingerprint density at radius 1 is 1.25 bits per heavy atom. The maximum atomic E-state index is 13.5. The van der Waals surface area contributed by atoms with Gasteiger partial charge in [-0.1, -0.05) is 11.6 Å². The number of aromatic nitrogens is 2. The van der Waals surface area contributed by atoms with Gasteiger partial charge >= 0.3 is 0 Å². The molecule has 1 saturated carbocycles. The van der Waals surface area contributed by atoms with Crippen LogP contribution in [0.15, 0.2) is 36.7 Å². The highest BCUT2D eigenvalue weighted by Gasteiger charge is 2.42. The number of hydrogen-bond acceptors (Lipinski definition) is 3. The van der Waals surface area contributed by atoms with Gasteiger partial charge in [0.05, 0.1) is 12.1 Å². The van der Waals surface area contributed by atoms with Crippen molar-refractivity contribution in [2.45, 2.75) is 31.5 Å². The second-order valence-corrected chi connectivity index (χ2v) is 7.45. The second kappa shape index (κ2) is 6.47. The highest BCUT2D eigenvalue weighted by atomic mass is 35.5. The van der Waals surface area contributed by atoms with E-state index in [9.17, 15) is 9.50 Å². The van der Waals surface area contributed by atoms with Crippen LogP contribution in [-0.2, 0) is 6.54 Å². The largest absolute Gasteiger partial charge is 0.391 e. The van der Waals surface area contributed by atoms with Gasteiger partial charge in [0, 0.05) is 37.1 Å². The summed E-state index contributed by atoms with van der Waals surface area (Å²) in [5.74, 6) is 0.772. The third-order valence-corrected chi connectivity index (χ3v) is 5.82. The zero-order valence-electron chi connectivity index (χ0n) is 13.4. The maximum Gasteiger partial charge on any atom is 0.123 e. The molecule has 128 valence electrons. The van der Waals surface area contributed by atoms with Crippen molar-refractivity contribution in [3.05, 3.63) is 53.1 Å². The Balaban J connectivity index is 1.45. The highest BCUT2D eigenvalue weighted by Crippen LogP contribution is 2.41. The summed E-state index contributed by atoms with van der Waals surface area (Å²) in [7, 11) is 0. The van der Waals surface area contributed by atoms with Crippen LogP contribution in [0.5, 0.6) is 0 Å². The minimum absolute atomic E-state index is 0.0546. The Hall–Kier alpha value is -1.43. The predicted octanol–water partition coefficient (Wildman–Crippen LogP) is 3.12. The summed E-state index contributed by atoms with van der Waals surface area (Å²) in [6.07, 6.45) is 5.05. The quantitative estimate of drug-likeness (QED) is 0.925. The van der Waals surface area contributed by atoms with E-state index in [1.54, 1.807) is 12.3 Å². The summed E-state index contributed by atoms with van der Waals surface area (Å²) in [6.45, 7) is 2.55. The van der Waals surface area contributed by atoms with Gasteiger partial charge in [-0.05, 0) is 54.5 Å². The van der Waals surface area contributed by atoms with E-state index >= 15 is 0 Å². The number of aliphatic hydroxyl groups excluding tert-OH is 1. The van der Waals surface area contributed by atoms with Gasteiger partial charge in [0.15, 0.2) is 0 Å². The Bertz CT molecular complexity index is 708. The van der Waals surface area contributed by atoms with Crippen LogP contribution in [0.1, 0.15) is 24.4 Å². The Kier molecular flexibility index (Phi) is 4.33. The van der Waals surface area contributed by atoms with E-state index in [2.05, 4.69) is 10.00 Å². The van der Waals surface area contributed by atoms with Gasteiger partial charge < -0.3 is 5.11 Å². The zero-order valence-corrected chi connectivity index (χ0v) is 14.1. The topological polar surface area (TPSA) is 41.3 Å². The first-order valence-corrected chi connectivity index (χ1v) is 8.81. The Labute approximate surface area is 145 Å². The number of rotatable bonds is 3. The fraction of sp³-hybridized carbons (Fsp3) is 0.500. The van der Waals surface area contributed by atoms with Gasteiger partial charge in [-0.3, -0.25) is 9.58 Å². The lowest BCUT2D eigenvalue weighted by molar-refractivity contribution is 0.0306. The third-order valence-electron chi connectivity index (χ3n) is 5.45. The summed E-state index contributed by atoms with van der Waals surface area (Å²) in [5, 5.41) is 15.4. The van der Waals surface area contributed by atoms with Crippen molar-refractivity contribution in [2.75, 3.05) is 13.1 Å². The molecule has 4 nitrogen and oxygen atoms in total. The second-order valence-electron chi connectivity index (χ2n) is 7.04. The summed E-state index contributed by atoms with van der Waals surface area (Å²) >= 11 is 6.20. The first kappa shape index (κ1) is 16.1. The molecule has 1 N–H and O–H groups in total. The molecule has 0 spiro atoms. The van der Waals surface area contributed by atoms with Gasteiger partial charge in [-0.25, -0.2) is 4.39 Å². The van der Waals surface area contributed by atoms with Gasteiger partial charge in [0.25, 0.3) is 0 Å². The van der Waals surface area contributed by atoms with Crippen LogP contribution in [0.2, 0.25) is 5.02 Å². The molecule has 0 radical (unpaired) electrons. The highest BCUT2D eigenvalue weighted by molar-refractivity contribution is 6.31. The van der Waals surface area contributed by atoms with Gasteiger partial charge in [0.1, 0.15) is 5.82 Å². The number of nitrogens with zero attached hydrogens (tertiary/aromatic N) is 3. The van der Waals surface area contributed by atoms with E-state index < -0.39 is 0 Å². The molecule has 2 heterocycles. The monoisotopic (exact) mass is 349 g/mol. The molecule has 4 rings (SSSR count). The number of benzene rings is 1. The maximum absolute atomic E-state index is 13.5. The lowest BCUT2D eigenvalue weighted by Crippen LogP contribution is -2.36. The number of halogens is 2. The molecule has 6 heteroatoms. The van der Waals surface area contributed by atoms with Crippen molar-refractivity contribution in [1.29, 1.82) is 0 Å². The molecule has 24 heavy (non-hydrogen) atoms. The van der Waals surface area contributed by atoms with E-state index in [1.165, 1.54) is 12.1 Å². The summed E-state index contributed by atoms with van der Waals surface area (Å²) in [5.41, 5.74) is 0.833. The fourth-order valence-electron chi connectivity index (χ4n) is 4.30. The van der Waals surface area contributed by atoms with Crippen molar-refractivity contribution in [2.24, 2.45) is 11.8 Å². The molecule has 1 aromatic heterocycles. The third kappa shape index (κ3) is 3.08. The van der Waals surface area contributed by atoms with Crippen molar-refractivity contribution >= 4 is 11.6 Å². The summed E-state index contributed by atoms with van der Waals surface area (Å²) in [6, 6.07) is 6.48. The summed E-state index contributed by atoms with van der Waals surface area (Å²) in [4.78, 5) is 2.33. The molecule has 0 unspecified atom stereocenters. The molecule has 0 amide bonds. The lowest BCUT2D eigenvalue weighted by atomic mass is 9.77. The van der Waals surface area contributed by atoms with Crippen LogP contribution < -0.4 is 0 Å². The Morgan fingerprint density at radius 3 is 2.79 bits per heavy atom. The van der Waals surface area contributed by atoms with Crippen molar-refractivity contribution in [3.63, 3.8) is 0 Å². The van der Waals surface area contributed by atoms with E-state index in [4.69, 9.17) is 11.6 Å². The van der Waals surface area contributed by atoms with Crippen LogP contribution >= 0.6 is 11.6 Å². The van der Waals surface area contributed by atoms with E-state index in [1.807, 2.05) is 16.9 Å². The van der Waals surface area contributed by atoms with E-state index in [0.717, 1.165) is 31.5 Å². The Morgan fingerprint density at radius 2 is 2.04 bits per heavy atom. The van der Waals surface area contributed by atoms with Crippen LogP contribution in [0.3, 0.4) is 0 Å². The van der Waals surface area contributed by atoms with Gasteiger partial charge in [-0.15, -0.1) is 0 Å². The molecular formula is C18H21ClFN3O. The van der Waals surface area contributed by atoms with E-state index in [0.29, 0.717) is 23.4 Å². The first-order valence-electron chi connectivity index (χ1n) is 8.43. The number of aliphatic hydroxyl groups is 1. The van der Waals surface area contributed by atoms with Crippen LogP contribution in [0, 0.1) is 17.7 Å². The molecule has 1 saturated heterocycles. The van der Waals surface area contributed by atoms with Crippen LogP contribution in [0.25, 0.3) is 0 Å². The molecule has 2 aliphatic rings. The van der Waals surface area contributed by atoms with Crippen LogP contribution in [-0.4, -0.2) is 39.0 Å². The average molecular weight is 350 g/mol.